The fourth-order valence-corrected chi connectivity index (χ4v) is 6.36. The van der Waals surface area contributed by atoms with Gasteiger partial charge in [0.15, 0.2) is 0 Å². The quantitative estimate of drug-likeness (QED) is 0.528. The van der Waals surface area contributed by atoms with Gasteiger partial charge in [0.2, 0.25) is 17.7 Å². The zero-order valence-electron chi connectivity index (χ0n) is 20.2. The molecule has 8 nitrogen and oxygen atoms in total. The molecular weight excluding hydrogens is 482 g/mol. The van der Waals surface area contributed by atoms with E-state index in [2.05, 4.69) is 10.6 Å². The number of aliphatic hydroxyl groups excluding tert-OH is 1. The first-order valence-corrected chi connectivity index (χ1v) is 12.7. The van der Waals surface area contributed by atoms with Crippen LogP contribution < -0.4 is 10.6 Å². The molecule has 3 aliphatic rings. The van der Waals surface area contributed by atoms with Gasteiger partial charge in [-0.05, 0) is 43.0 Å². The van der Waals surface area contributed by atoms with E-state index in [-0.39, 0.29) is 24.3 Å². The van der Waals surface area contributed by atoms with E-state index in [1.807, 2.05) is 32.0 Å². The molecule has 2 bridgehead atoms. The number of amides is 3. The fourth-order valence-electron chi connectivity index (χ4n) is 6.18. The van der Waals surface area contributed by atoms with Crippen LogP contribution in [0.15, 0.2) is 54.6 Å². The number of carbonyl (C=O) groups is 3. The summed E-state index contributed by atoms with van der Waals surface area (Å²) >= 11 is 6.29. The summed E-state index contributed by atoms with van der Waals surface area (Å²) in [5.41, 5.74) is -0.105. The number of likely N-dealkylation sites (tertiary alicyclic amines) is 1. The molecule has 2 unspecified atom stereocenters. The Hall–Kier alpha value is -2.94. The Bertz CT molecular complexity index is 1180. The van der Waals surface area contributed by atoms with Crippen molar-refractivity contribution in [1.82, 2.24) is 4.90 Å². The Balaban J connectivity index is 1.52. The van der Waals surface area contributed by atoms with Gasteiger partial charge in [-0.2, -0.15) is 0 Å². The molecule has 5 rings (SSSR count). The molecule has 9 heteroatoms. The highest BCUT2D eigenvalue weighted by Gasteiger charge is 2.75. The molecular formula is C27H30ClN3O5. The standard InChI is InChI=1S/C27H30ClN3O5/c1-15(2)19(14-32)31-23(25(34)30-18-11-7-6-10-17(18)28)27-13-12-20(36-27)21(22(27)26(31)35)24(33)29-16-8-4-3-5-9-16/h3-11,15,19-23,32H,12-14H2,1-2H3,(H,29,33)(H,30,34)/t19-,20-,21+,22-,23?,27?/m0/s1. The predicted octanol–water partition coefficient (Wildman–Crippen LogP) is 3.31. The van der Waals surface area contributed by atoms with Gasteiger partial charge < -0.3 is 25.4 Å². The number of para-hydroxylation sites is 2. The van der Waals surface area contributed by atoms with Gasteiger partial charge in [-0.15, -0.1) is 0 Å². The van der Waals surface area contributed by atoms with Gasteiger partial charge >= 0.3 is 0 Å². The third kappa shape index (κ3) is 3.88. The van der Waals surface area contributed by atoms with Gasteiger partial charge in [-0.3, -0.25) is 14.4 Å². The molecule has 0 aliphatic carbocycles. The van der Waals surface area contributed by atoms with E-state index in [1.54, 1.807) is 36.4 Å². The maximum absolute atomic E-state index is 14.0. The van der Waals surface area contributed by atoms with Crippen LogP contribution in [0.1, 0.15) is 26.7 Å². The number of halogens is 1. The predicted molar refractivity (Wildman–Crippen MR) is 135 cm³/mol. The van der Waals surface area contributed by atoms with E-state index in [0.717, 1.165) is 0 Å². The van der Waals surface area contributed by atoms with Gasteiger partial charge in [0.05, 0.1) is 41.3 Å². The number of nitrogens with one attached hydrogen (secondary N) is 2. The van der Waals surface area contributed by atoms with Gasteiger partial charge in [-0.1, -0.05) is 55.8 Å². The van der Waals surface area contributed by atoms with Crippen LogP contribution in [-0.2, 0) is 19.1 Å². The number of anilines is 2. The molecule has 0 saturated carbocycles. The van der Waals surface area contributed by atoms with E-state index in [1.165, 1.54) is 4.90 Å². The highest BCUT2D eigenvalue weighted by molar-refractivity contribution is 6.33. The summed E-state index contributed by atoms with van der Waals surface area (Å²) in [5.74, 6) is -2.77. The smallest absolute Gasteiger partial charge is 0.250 e. The van der Waals surface area contributed by atoms with Crippen LogP contribution in [0.4, 0.5) is 11.4 Å². The highest BCUT2D eigenvalue weighted by atomic mass is 35.5. The van der Waals surface area contributed by atoms with E-state index in [4.69, 9.17) is 16.3 Å². The number of aliphatic hydroxyl groups is 1. The topological polar surface area (TPSA) is 108 Å². The van der Waals surface area contributed by atoms with Crippen LogP contribution in [0.25, 0.3) is 0 Å². The average molecular weight is 512 g/mol. The average Bonchev–Trinajstić information content (AvgIpc) is 3.49. The third-order valence-electron chi connectivity index (χ3n) is 7.78. The summed E-state index contributed by atoms with van der Waals surface area (Å²) in [6.07, 6.45) is 0.564. The van der Waals surface area contributed by atoms with Crippen molar-refractivity contribution in [1.29, 1.82) is 0 Å². The van der Waals surface area contributed by atoms with Crippen LogP contribution in [0.3, 0.4) is 0 Å². The summed E-state index contributed by atoms with van der Waals surface area (Å²) in [4.78, 5) is 42.8. The summed E-state index contributed by atoms with van der Waals surface area (Å²) in [5, 5.41) is 16.4. The molecule has 190 valence electrons. The lowest BCUT2D eigenvalue weighted by Crippen LogP contribution is -2.57. The number of benzene rings is 2. The van der Waals surface area contributed by atoms with Crippen LogP contribution in [0.5, 0.6) is 0 Å². The lowest BCUT2D eigenvalue weighted by Gasteiger charge is -2.38. The third-order valence-corrected chi connectivity index (χ3v) is 8.11. The molecule has 0 radical (unpaired) electrons. The second-order valence-electron chi connectivity index (χ2n) is 10.1. The van der Waals surface area contributed by atoms with Gasteiger partial charge in [0, 0.05) is 5.69 Å². The molecule has 6 atom stereocenters. The highest BCUT2D eigenvalue weighted by Crippen LogP contribution is 2.59. The van der Waals surface area contributed by atoms with Crippen molar-refractivity contribution in [2.75, 3.05) is 17.2 Å². The zero-order valence-corrected chi connectivity index (χ0v) is 20.9. The SMILES string of the molecule is CC(C)[C@H](CO)N1C(=O)[C@@H]2[C@H](C(=O)Nc3ccccc3)[C@@H]3CCC2(O3)C1C(=O)Nc1ccccc1Cl. The molecule has 3 heterocycles. The summed E-state index contributed by atoms with van der Waals surface area (Å²) in [7, 11) is 0. The first-order valence-electron chi connectivity index (χ1n) is 12.3. The minimum atomic E-state index is -1.16. The largest absolute Gasteiger partial charge is 0.394 e. The van der Waals surface area contributed by atoms with Crippen LogP contribution in [0.2, 0.25) is 5.02 Å². The number of hydrogen-bond donors (Lipinski definition) is 3. The molecule has 2 aromatic carbocycles. The van der Waals surface area contributed by atoms with Crippen molar-refractivity contribution in [2.45, 2.75) is 50.5 Å². The minimum Gasteiger partial charge on any atom is -0.394 e. The van der Waals surface area contributed by atoms with Crippen molar-refractivity contribution in [3.63, 3.8) is 0 Å². The summed E-state index contributed by atoms with van der Waals surface area (Å²) in [6, 6.07) is 14.3. The van der Waals surface area contributed by atoms with Gasteiger partial charge in [0.1, 0.15) is 11.6 Å². The van der Waals surface area contributed by atoms with Crippen LogP contribution >= 0.6 is 11.6 Å². The minimum absolute atomic E-state index is 0.126. The zero-order chi connectivity index (χ0) is 25.6. The second kappa shape index (κ2) is 9.50. The van der Waals surface area contributed by atoms with Gasteiger partial charge in [-0.25, -0.2) is 0 Å². The number of carbonyl (C=O) groups excluding carboxylic acids is 3. The Labute approximate surface area is 215 Å². The Kier molecular flexibility index (Phi) is 6.53. The molecule has 3 aliphatic heterocycles. The molecule has 3 amide bonds. The maximum Gasteiger partial charge on any atom is 0.250 e. The fraction of sp³-hybridized carbons (Fsp3) is 0.444. The normalized spacial score (nSPS) is 29.4. The molecule has 3 N–H and O–H groups in total. The monoisotopic (exact) mass is 511 g/mol. The molecule has 0 aromatic heterocycles. The van der Waals surface area contributed by atoms with E-state index >= 15 is 0 Å². The molecule has 1 spiro atoms. The first-order chi connectivity index (χ1) is 17.3. The van der Waals surface area contributed by atoms with Crippen molar-refractivity contribution in [2.24, 2.45) is 17.8 Å². The Morgan fingerprint density at radius 3 is 2.47 bits per heavy atom. The van der Waals surface area contributed by atoms with Crippen molar-refractivity contribution in [3.05, 3.63) is 59.6 Å². The number of rotatable bonds is 7. The first kappa shape index (κ1) is 24.7. The second-order valence-corrected chi connectivity index (χ2v) is 10.5. The summed E-state index contributed by atoms with van der Waals surface area (Å²) in [6.45, 7) is 3.47. The van der Waals surface area contributed by atoms with E-state index < -0.39 is 41.5 Å². The van der Waals surface area contributed by atoms with Crippen molar-refractivity contribution >= 4 is 40.7 Å². The Morgan fingerprint density at radius 1 is 1.11 bits per heavy atom. The van der Waals surface area contributed by atoms with Crippen molar-refractivity contribution < 1.29 is 24.2 Å². The lowest BCUT2D eigenvalue weighted by molar-refractivity contribution is -0.144. The maximum atomic E-state index is 14.0. The van der Waals surface area contributed by atoms with E-state index in [9.17, 15) is 19.5 Å². The number of nitrogens with zero attached hydrogens (tertiary/aromatic N) is 1. The van der Waals surface area contributed by atoms with Crippen LogP contribution in [-0.4, -0.2) is 58.1 Å². The summed E-state index contributed by atoms with van der Waals surface area (Å²) < 4.78 is 6.43. The number of hydrogen-bond acceptors (Lipinski definition) is 5. The number of ether oxygens (including phenoxy) is 1. The van der Waals surface area contributed by atoms with Crippen LogP contribution in [0, 0.1) is 17.8 Å². The molecule has 3 fully saturated rings. The van der Waals surface area contributed by atoms with Gasteiger partial charge in [0.25, 0.3) is 0 Å². The Morgan fingerprint density at radius 2 is 1.81 bits per heavy atom. The lowest BCUT2D eigenvalue weighted by atomic mass is 9.70. The van der Waals surface area contributed by atoms with E-state index in [0.29, 0.717) is 29.2 Å². The van der Waals surface area contributed by atoms with Crippen molar-refractivity contribution in [3.8, 4) is 0 Å². The molecule has 36 heavy (non-hydrogen) atoms. The molecule has 3 saturated heterocycles. The number of fused-ring (bicyclic) bond motifs is 1. The molecule has 2 aromatic rings.